The quantitative estimate of drug-likeness (QED) is 0.938. The first-order valence-corrected chi connectivity index (χ1v) is 7.39. The molecule has 0 amide bonds. The summed E-state index contributed by atoms with van der Waals surface area (Å²) in [6, 6.07) is 3.93. The average molecular weight is 292 g/mol. The molecule has 6 heteroatoms. The molecule has 0 aromatic carbocycles. The van der Waals surface area contributed by atoms with Crippen molar-refractivity contribution < 1.29 is 14.3 Å². The van der Waals surface area contributed by atoms with Gasteiger partial charge in [-0.05, 0) is 31.3 Å². The summed E-state index contributed by atoms with van der Waals surface area (Å²) in [7, 11) is 0. The molecule has 1 atom stereocenters. The van der Waals surface area contributed by atoms with E-state index < -0.39 is 11.4 Å². The molecule has 2 aromatic heterocycles. The van der Waals surface area contributed by atoms with Crippen molar-refractivity contribution >= 4 is 17.3 Å². The third-order valence-corrected chi connectivity index (χ3v) is 4.60. The van der Waals surface area contributed by atoms with E-state index in [4.69, 9.17) is 4.42 Å². The molecule has 2 aromatic rings. The lowest BCUT2D eigenvalue weighted by molar-refractivity contribution is -0.147. The van der Waals surface area contributed by atoms with E-state index in [-0.39, 0.29) is 0 Å². The number of hydrogen-bond donors (Lipinski definition) is 1. The van der Waals surface area contributed by atoms with Crippen molar-refractivity contribution in [2.24, 2.45) is 5.41 Å². The molecule has 0 bridgehead atoms. The second-order valence-electron chi connectivity index (χ2n) is 5.45. The van der Waals surface area contributed by atoms with Gasteiger partial charge in [-0.2, -0.15) is 0 Å². The highest BCUT2D eigenvalue weighted by atomic mass is 32.1. The highest BCUT2D eigenvalue weighted by Gasteiger charge is 2.40. The van der Waals surface area contributed by atoms with Gasteiger partial charge >= 0.3 is 5.97 Å². The standard InChI is InChI=1S/C14H16N2O3S/c1-14(13(17)18)4-5-16(9-14)7-10-8-19-12(15-10)11-3-2-6-20-11/h2-3,6,8H,4-5,7,9H2,1H3,(H,17,18). The van der Waals surface area contributed by atoms with Crippen LogP contribution in [0.2, 0.25) is 0 Å². The molecule has 20 heavy (non-hydrogen) atoms. The summed E-state index contributed by atoms with van der Waals surface area (Å²) in [6.45, 7) is 3.78. The number of carbonyl (C=O) groups is 1. The molecule has 5 nitrogen and oxygen atoms in total. The van der Waals surface area contributed by atoms with E-state index in [2.05, 4.69) is 9.88 Å². The average Bonchev–Trinajstić information content (AvgIpc) is 3.10. The monoisotopic (exact) mass is 292 g/mol. The zero-order chi connectivity index (χ0) is 14.2. The van der Waals surface area contributed by atoms with Crippen molar-refractivity contribution in [1.29, 1.82) is 0 Å². The number of thiophene rings is 1. The number of rotatable bonds is 4. The van der Waals surface area contributed by atoms with Gasteiger partial charge in [0.2, 0.25) is 5.89 Å². The van der Waals surface area contributed by atoms with Gasteiger partial charge in [-0.15, -0.1) is 11.3 Å². The van der Waals surface area contributed by atoms with Crippen LogP contribution in [-0.2, 0) is 11.3 Å². The van der Waals surface area contributed by atoms with Crippen molar-refractivity contribution in [1.82, 2.24) is 9.88 Å². The molecule has 1 saturated heterocycles. The molecule has 0 spiro atoms. The fraction of sp³-hybridized carbons (Fsp3) is 0.429. The van der Waals surface area contributed by atoms with Gasteiger partial charge in [-0.25, -0.2) is 4.98 Å². The van der Waals surface area contributed by atoms with Crippen LogP contribution in [0.15, 0.2) is 28.2 Å². The Balaban J connectivity index is 1.66. The lowest BCUT2D eigenvalue weighted by Gasteiger charge is -2.19. The van der Waals surface area contributed by atoms with Gasteiger partial charge in [0.15, 0.2) is 0 Å². The minimum absolute atomic E-state index is 0.559. The maximum atomic E-state index is 11.2. The van der Waals surface area contributed by atoms with Crippen LogP contribution in [0.3, 0.4) is 0 Å². The Morgan fingerprint density at radius 1 is 1.65 bits per heavy atom. The lowest BCUT2D eigenvalue weighted by atomic mass is 9.90. The zero-order valence-electron chi connectivity index (χ0n) is 11.2. The van der Waals surface area contributed by atoms with Gasteiger partial charge in [-0.3, -0.25) is 9.69 Å². The Kier molecular flexibility index (Phi) is 3.35. The number of aliphatic carboxylic acids is 1. The topological polar surface area (TPSA) is 66.6 Å². The Bertz CT molecular complexity index is 608. The fourth-order valence-corrected chi connectivity index (χ4v) is 3.14. The van der Waals surface area contributed by atoms with Gasteiger partial charge < -0.3 is 9.52 Å². The highest BCUT2D eigenvalue weighted by Crippen LogP contribution is 2.31. The van der Waals surface area contributed by atoms with Crippen molar-refractivity contribution in [3.8, 4) is 10.8 Å². The third-order valence-electron chi connectivity index (χ3n) is 3.74. The molecule has 0 saturated carbocycles. The predicted molar refractivity (Wildman–Crippen MR) is 75.5 cm³/mol. The molecule has 1 aliphatic heterocycles. The van der Waals surface area contributed by atoms with Gasteiger partial charge in [0.1, 0.15) is 6.26 Å². The van der Waals surface area contributed by atoms with Crippen LogP contribution in [0.1, 0.15) is 19.0 Å². The predicted octanol–water partition coefficient (Wildman–Crippen LogP) is 2.70. The summed E-state index contributed by atoms with van der Waals surface area (Å²) >= 11 is 1.59. The van der Waals surface area contributed by atoms with E-state index >= 15 is 0 Å². The minimum Gasteiger partial charge on any atom is -0.481 e. The summed E-state index contributed by atoms with van der Waals surface area (Å²) in [4.78, 5) is 18.8. The van der Waals surface area contributed by atoms with Crippen LogP contribution in [-0.4, -0.2) is 34.0 Å². The van der Waals surface area contributed by atoms with Crippen molar-refractivity contribution in [3.63, 3.8) is 0 Å². The summed E-state index contributed by atoms with van der Waals surface area (Å²) in [5.41, 5.74) is 0.211. The van der Waals surface area contributed by atoms with E-state index in [1.165, 1.54) is 0 Å². The molecule has 3 rings (SSSR count). The van der Waals surface area contributed by atoms with Crippen LogP contribution >= 0.6 is 11.3 Å². The van der Waals surface area contributed by atoms with Crippen LogP contribution < -0.4 is 0 Å². The van der Waals surface area contributed by atoms with Crippen LogP contribution in [0.5, 0.6) is 0 Å². The SMILES string of the molecule is CC1(C(=O)O)CCN(Cc2coc(-c3cccs3)n2)C1. The lowest BCUT2D eigenvalue weighted by Crippen LogP contribution is -2.31. The van der Waals surface area contributed by atoms with Crippen molar-refractivity contribution in [2.45, 2.75) is 19.9 Å². The van der Waals surface area contributed by atoms with Gasteiger partial charge in [0.05, 0.1) is 16.0 Å². The Morgan fingerprint density at radius 2 is 2.50 bits per heavy atom. The number of carboxylic acids is 1. The van der Waals surface area contributed by atoms with Gasteiger partial charge in [0.25, 0.3) is 0 Å². The van der Waals surface area contributed by atoms with E-state index in [1.807, 2.05) is 17.5 Å². The minimum atomic E-state index is -0.723. The maximum Gasteiger partial charge on any atom is 0.310 e. The van der Waals surface area contributed by atoms with Crippen LogP contribution in [0, 0.1) is 5.41 Å². The van der Waals surface area contributed by atoms with E-state index in [0.29, 0.717) is 25.4 Å². The summed E-state index contributed by atoms with van der Waals surface area (Å²) in [6.07, 6.45) is 2.34. The van der Waals surface area contributed by atoms with Gasteiger partial charge in [-0.1, -0.05) is 6.07 Å². The fourth-order valence-electron chi connectivity index (χ4n) is 2.49. The van der Waals surface area contributed by atoms with Crippen molar-refractivity contribution in [3.05, 3.63) is 29.5 Å². The first-order chi connectivity index (χ1) is 9.57. The molecular formula is C14H16N2O3S. The summed E-state index contributed by atoms with van der Waals surface area (Å²) in [5, 5.41) is 11.2. The Morgan fingerprint density at radius 3 is 3.15 bits per heavy atom. The van der Waals surface area contributed by atoms with Crippen molar-refractivity contribution in [2.75, 3.05) is 13.1 Å². The van der Waals surface area contributed by atoms with Crippen LogP contribution in [0.4, 0.5) is 0 Å². The molecular weight excluding hydrogens is 276 g/mol. The largest absolute Gasteiger partial charge is 0.481 e. The van der Waals surface area contributed by atoms with E-state index in [9.17, 15) is 9.90 Å². The molecule has 0 radical (unpaired) electrons. The first-order valence-electron chi connectivity index (χ1n) is 6.51. The van der Waals surface area contributed by atoms with Crippen LogP contribution in [0.25, 0.3) is 10.8 Å². The number of likely N-dealkylation sites (tertiary alicyclic amines) is 1. The maximum absolute atomic E-state index is 11.2. The number of nitrogens with zero attached hydrogens (tertiary/aromatic N) is 2. The second-order valence-corrected chi connectivity index (χ2v) is 6.40. The summed E-state index contributed by atoms with van der Waals surface area (Å²) in [5.74, 6) is -0.0883. The Labute approximate surface area is 120 Å². The zero-order valence-corrected chi connectivity index (χ0v) is 12.0. The smallest absolute Gasteiger partial charge is 0.310 e. The molecule has 1 fully saturated rings. The third kappa shape index (κ3) is 2.48. The molecule has 1 N–H and O–H groups in total. The van der Waals surface area contributed by atoms with E-state index in [1.54, 1.807) is 24.5 Å². The van der Waals surface area contributed by atoms with Gasteiger partial charge in [0, 0.05) is 13.1 Å². The number of hydrogen-bond acceptors (Lipinski definition) is 5. The normalized spacial score (nSPS) is 23.2. The number of oxazole rings is 1. The molecule has 1 aliphatic rings. The number of aromatic nitrogens is 1. The molecule has 0 aliphatic carbocycles. The second kappa shape index (κ2) is 5.03. The molecule has 106 valence electrons. The molecule has 3 heterocycles. The molecule has 1 unspecified atom stereocenters. The first kappa shape index (κ1) is 13.3. The number of carboxylic acid groups (broad SMARTS) is 1. The summed E-state index contributed by atoms with van der Waals surface area (Å²) < 4.78 is 5.48. The highest BCUT2D eigenvalue weighted by molar-refractivity contribution is 7.13. The Hall–Kier alpha value is -1.66. The van der Waals surface area contributed by atoms with E-state index in [0.717, 1.165) is 17.1 Å².